The molecule has 0 spiro atoms. The molecule has 0 fully saturated rings. The highest BCUT2D eigenvalue weighted by Gasteiger charge is 2.24. The van der Waals surface area contributed by atoms with E-state index in [0.29, 0.717) is 54.1 Å². The van der Waals surface area contributed by atoms with Crippen molar-refractivity contribution in [1.82, 2.24) is 9.80 Å². The van der Waals surface area contributed by atoms with Crippen LogP contribution in [0.25, 0.3) is 11.1 Å². The second kappa shape index (κ2) is 14.6. The molecule has 0 bridgehead atoms. The number of aliphatic carboxylic acids is 1. The van der Waals surface area contributed by atoms with Gasteiger partial charge in [-0.3, -0.25) is 14.4 Å². The lowest BCUT2D eigenvalue weighted by atomic mass is 9.93. The van der Waals surface area contributed by atoms with Crippen LogP contribution in [0, 0.1) is 0 Å². The summed E-state index contributed by atoms with van der Waals surface area (Å²) in [6.07, 6.45) is 0.317. The van der Waals surface area contributed by atoms with Crippen molar-refractivity contribution in [2.24, 2.45) is 0 Å². The molecule has 4 rings (SSSR count). The summed E-state index contributed by atoms with van der Waals surface area (Å²) in [7, 11) is 1.60. The predicted molar refractivity (Wildman–Crippen MR) is 164 cm³/mol. The van der Waals surface area contributed by atoms with Crippen molar-refractivity contribution in [2.75, 3.05) is 26.7 Å². The van der Waals surface area contributed by atoms with Crippen molar-refractivity contribution >= 4 is 17.8 Å². The highest BCUT2D eigenvalue weighted by atomic mass is 16.5. The quantitative estimate of drug-likeness (QED) is 0.209. The van der Waals surface area contributed by atoms with Crippen LogP contribution in [0.15, 0.2) is 103 Å². The van der Waals surface area contributed by atoms with E-state index in [9.17, 15) is 19.5 Å². The van der Waals surface area contributed by atoms with Crippen LogP contribution in [0.3, 0.4) is 0 Å². The third kappa shape index (κ3) is 7.43. The van der Waals surface area contributed by atoms with E-state index in [4.69, 9.17) is 4.74 Å². The number of amides is 2. The topological polar surface area (TPSA) is 87.2 Å². The van der Waals surface area contributed by atoms with Gasteiger partial charge in [-0.05, 0) is 53.8 Å². The van der Waals surface area contributed by atoms with Crippen LogP contribution in [0.4, 0.5) is 0 Å². The molecule has 0 aliphatic rings. The normalized spacial score (nSPS) is 10.6. The van der Waals surface area contributed by atoms with Gasteiger partial charge in [0.25, 0.3) is 11.8 Å². The molecule has 2 amide bonds. The average molecular weight is 565 g/mol. The lowest BCUT2D eigenvalue weighted by Gasteiger charge is -2.25. The first kappa shape index (κ1) is 30.1. The molecule has 7 nitrogen and oxygen atoms in total. The fourth-order valence-corrected chi connectivity index (χ4v) is 4.99. The monoisotopic (exact) mass is 564 g/mol. The average Bonchev–Trinajstić information content (AvgIpc) is 3.03. The van der Waals surface area contributed by atoms with E-state index in [2.05, 4.69) is 0 Å². The van der Waals surface area contributed by atoms with Crippen molar-refractivity contribution in [2.45, 2.75) is 26.3 Å². The Morgan fingerprint density at radius 2 is 1.24 bits per heavy atom. The van der Waals surface area contributed by atoms with E-state index < -0.39 is 5.97 Å². The number of carbonyl (C=O) groups excluding carboxylic acids is 2. The summed E-state index contributed by atoms with van der Waals surface area (Å²) < 4.78 is 5.47. The van der Waals surface area contributed by atoms with Crippen LogP contribution in [0.5, 0.6) is 5.75 Å². The van der Waals surface area contributed by atoms with Crippen molar-refractivity contribution in [3.63, 3.8) is 0 Å². The number of para-hydroxylation sites is 1. The van der Waals surface area contributed by atoms with Gasteiger partial charge in [-0.1, -0.05) is 84.9 Å². The lowest BCUT2D eigenvalue weighted by molar-refractivity contribution is -0.137. The highest BCUT2D eigenvalue weighted by Crippen LogP contribution is 2.30. The molecule has 0 heterocycles. The van der Waals surface area contributed by atoms with Gasteiger partial charge in [0.05, 0.1) is 13.5 Å². The molecule has 0 atom stereocenters. The summed E-state index contributed by atoms with van der Waals surface area (Å²) in [6.45, 7) is 3.30. The van der Waals surface area contributed by atoms with Gasteiger partial charge < -0.3 is 19.6 Å². The molecule has 0 aliphatic heterocycles. The van der Waals surface area contributed by atoms with Gasteiger partial charge in [0.2, 0.25) is 0 Å². The summed E-state index contributed by atoms with van der Waals surface area (Å²) in [5, 5.41) is 9.39. The van der Waals surface area contributed by atoms with Crippen LogP contribution in [-0.4, -0.2) is 59.4 Å². The Morgan fingerprint density at radius 3 is 1.83 bits per heavy atom. The minimum atomic E-state index is -0.979. The van der Waals surface area contributed by atoms with Gasteiger partial charge in [-0.15, -0.1) is 0 Å². The van der Waals surface area contributed by atoms with Crippen LogP contribution in [0.2, 0.25) is 0 Å². The first-order chi connectivity index (χ1) is 20.4. The largest absolute Gasteiger partial charge is 0.496 e. The van der Waals surface area contributed by atoms with Gasteiger partial charge in [0.15, 0.2) is 0 Å². The van der Waals surface area contributed by atoms with E-state index >= 15 is 0 Å². The van der Waals surface area contributed by atoms with Crippen LogP contribution in [-0.2, 0) is 17.8 Å². The lowest BCUT2D eigenvalue weighted by Crippen LogP contribution is -2.35. The Hall–Kier alpha value is -4.91. The minimum Gasteiger partial charge on any atom is -0.496 e. The fraction of sp³-hybridized carbons (Fsp3) is 0.229. The number of nitrogens with zero attached hydrogens (tertiary/aromatic N) is 2. The second-order valence-electron chi connectivity index (χ2n) is 9.89. The Morgan fingerprint density at radius 1 is 0.690 bits per heavy atom. The molecule has 0 saturated heterocycles. The SMILES string of the molecule is CCN(Cc1ccccc1)C(=O)c1ccccc1-c1ccccc1C(=O)N(CCC(=O)O)CCc1ccccc1OC. The third-order valence-electron chi connectivity index (χ3n) is 7.22. The Bertz CT molecular complexity index is 1520. The first-order valence-corrected chi connectivity index (χ1v) is 14.1. The molecule has 0 saturated carbocycles. The summed E-state index contributed by atoms with van der Waals surface area (Å²) >= 11 is 0. The number of carbonyl (C=O) groups is 3. The Balaban J connectivity index is 1.66. The maximum Gasteiger partial charge on any atom is 0.305 e. The number of carboxylic acids is 1. The molecule has 42 heavy (non-hydrogen) atoms. The Kier molecular flexibility index (Phi) is 10.5. The predicted octanol–water partition coefficient (Wildman–Crippen LogP) is 6.18. The maximum atomic E-state index is 14.0. The number of ether oxygens (including phenoxy) is 1. The molecule has 216 valence electrons. The number of benzene rings is 4. The summed E-state index contributed by atoms with van der Waals surface area (Å²) in [6, 6.07) is 31.9. The van der Waals surface area contributed by atoms with E-state index in [1.165, 1.54) is 0 Å². The molecular weight excluding hydrogens is 528 g/mol. The van der Waals surface area contributed by atoms with Gasteiger partial charge >= 0.3 is 5.97 Å². The molecule has 0 aliphatic carbocycles. The van der Waals surface area contributed by atoms with Crippen molar-refractivity contribution in [3.05, 3.63) is 125 Å². The zero-order valence-electron chi connectivity index (χ0n) is 24.0. The smallest absolute Gasteiger partial charge is 0.305 e. The van der Waals surface area contributed by atoms with E-state index in [-0.39, 0.29) is 24.8 Å². The maximum absolute atomic E-state index is 14.0. The summed E-state index contributed by atoms with van der Waals surface area (Å²) in [5.41, 5.74) is 4.15. The summed E-state index contributed by atoms with van der Waals surface area (Å²) in [4.78, 5) is 42.7. The molecule has 4 aromatic carbocycles. The Labute approximate surface area is 247 Å². The molecule has 0 unspecified atom stereocenters. The van der Waals surface area contributed by atoms with Crippen LogP contribution in [0.1, 0.15) is 45.2 Å². The fourth-order valence-electron chi connectivity index (χ4n) is 4.99. The van der Waals surface area contributed by atoms with Gasteiger partial charge in [-0.25, -0.2) is 0 Å². The molecule has 4 aromatic rings. The molecular formula is C35H36N2O5. The van der Waals surface area contributed by atoms with E-state index in [1.54, 1.807) is 35.1 Å². The first-order valence-electron chi connectivity index (χ1n) is 14.1. The van der Waals surface area contributed by atoms with Crippen LogP contribution >= 0.6 is 0 Å². The molecule has 0 aromatic heterocycles. The zero-order chi connectivity index (χ0) is 29.9. The second-order valence-corrected chi connectivity index (χ2v) is 9.89. The standard InChI is InChI=1S/C35H36N2O5/c1-3-36(25-26-13-5-4-6-14-26)34(40)30-18-10-8-16-28(30)29-17-9-11-19-31(29)35(41)37(24-22-33(38)39)23-21-27-15-7-12-20-32(27)42-2/h4-20H,3,21-25H2,1-2H3,(H,38,39). The van der Waals surface area contributed by atoms with Gasteiger partial charge in [-0.2, -0.15) is 0 Å². The van der Waals surface area contributed by atoms with Gasteiger partial charge in [0.1, 0.15) is 5.75 Å². The van der Waals surface area contributed by atoms with E-state index in [0.717, 1.165) is 11.1 Å². The number of rotatable bonds is 13. The van der Waals surface area contributed by atoms with Crippen molar-refractivity contribution in [3.8, 4) is 16.9 Å². The summed E-state index contributed by atoms with van der Waals surface area (Å²) in [5.74, 6) is -0.682. The van der Waals surface area contributed by atoms with E-state index in [1.807, 2.05) is 91.9 Å². The molecule has 1 N–H and O–H groups in total. The zero-order valence-corrected chi connectivity index (χ0v) is 24.0. The van der Waals surface area contributed by atoms with Crippen molar-refractivity contribution < 1.29 is 24.2 Å². The number of hydrogen-bond acceptors (Lipinski definition) is 4. The highest BCUT2D eigenvalue weighted by molar-refractivity contribution is 6.06. The minimum absolute atomic E-state index is 0.0545. The third-order valence-corrected chi connectivity index (χ3v) is 7.22. The molecule has 0 radical (unpaired) electrons. The number of methoxy groups -OCH3 is 1. The van der Waals surface area contributed by atoms with Crippen molar-refractivity contribution in [1.29, 1.82) is 0 Å². The van der Waals surface area contributed by atoms with Crippen LogP contribution < -0.4 is 4.74 Å². The number of carboxylic acid groups (broad SMARTS) is 1. The van der Waals surface area contributed by atoms with Gasteiger partial charge in [0, 0.05) is 37.3 Å². The molecule has 7 heteroatoms. The number of hydrogen-bond donors (Lipinski definition) is 1.